The number of nitrogens with one attached hydrogen (secondary N) is 2. The van der Waals surface area contributed by atoms with Crippen LogP contribution < -0.4 is 5.32 Å². The quantitative estimate of drug-likeness (QED) is 0.773. The highest BCUT2D eigenvalue weighted by Crippen LogP contribution is 2.16. The number of carbonyl (C=O) groups is 1. The predicted molar refractivity (Wildman–Crippen MR) is 80.1 cm³/mol. The molecule has 2 aromatic heterocycles. The van der Waals surface area contributed by atoms with Gasteiger partial charge in [-0.25, -0.2) is 0 Å². The molecule has 5 nitrogen and oxygen atoms in total. The number of aromatic nitrogens is 2. The van der Waals surface area contributed by atoms with Crippen LogP contribution in [-0.4, -0.2) is 16.0 Å². The number of benzene rings is 1. The van der Waals surface area contributed by atoms with Gasteiger partial charge in [0.2, 0.25) is 0 Å². The van der Waals surface area contributed by atoms with Crippen molar-refractivity contribution in [1.82, 2.24) is 15.5 Å². The fourth-order valence-electron chi connectivity index (χ4n) is 2.30. The summed E-state index contributed by atoms with van der Waals surface area (Å²) >= 11 is 0. The Hall–Kier alpha value is -2.56. The van der Waals surface area contributed by atoms with E-state index in [1.165, 1.54) is 0 Å². The number of carbonyl (C=O) groups excluding carboxylic acids is 1. The minimum absolute atomic E-state index is 0.219. The Kier molecular flexibility index (Phi) is 3.48. The number of hydrogen-bond donors (Lipinski definition) is 2. The van der Waals surface area contributed by atoms with E-state index in [-0.39, 0.29) is 5.91 Å². The minimum atomic E-state index is -0.219. The first-order valence-corrected chi connectivity index (χ1v) is 6.97. The fraction of sp³-hybridized carbons (Fsp3) is 0.250. The fourth-order valence-corrected chi connectivity index (χ4v) is 2.30. The average molecular weight is 283 g/mol. The molecule has 21 heavy (non-hydrogen) atoms. The van der Waals surface area contributed by atoms with Crippen LogP contribution >= 0.6 is 0 Å². The van der Waals surface area contributed by atoms with E-state index in [0.717, 1.165) is 28.6 Å². The van der Waals surface area contributed by atoms with E-state index in [9.17, 15) is 4.79 Å². The molecule has 2 heterocycles. The summed E-state index contributed by atoms with van der Waals surface area (Å²) in [6.07, 6.45) is 0.726. The molecule has 0 spiro atoms. The summed E-state index contributed by atoms with van der Waals surface area (Å²) in [6.45, 7) is 4.45. The zero-order valence-corrected chi connectivity index (χ0v) is 12.1. The van der Waals surface area contributed by atoms with Crippen molar-refractivity contribution in [3.8, 4) is 0 Å². The van der Waals surface area contributed by atoms with Crippen molar-refractivity contribution >= 4 is 16.8 Å². The van der Waals surface area contributed by atoms with Crippen LogP contribution in [0.3, 0.4) is 0 Å². The molecule has 0 aliphatic rings. The number of nitrogens with zero attached hydrogens (tertiary/aromatic N) is 1. The normalized spacial score (nSPS) is 11.0. The number of fused-ring (bicyclic) bond motifs is 1. The van der Waals surface area contributed by atoms with Crippen LogP contribution in [0.25, 0.3) is 10.9 Å². The molecule has 0 radical (unpaired) electrons. The third-order valence-corrected chi connectivity index (χ3v) is 3.41. The van der Waals surface area contributed by atoms with E-state index in [1.54, 1.807) is 6.07 Å². The lowest BCUT2D eigenvalue weighted by atomic mass is 10.1. The first-order chi connectivity index (χ1) is 10.2. The largest absolute Gasteiger partial charge is 0.361 e. The SMILES string of the molecule is CCc1cc(C(=O)NCc2ccc3[nH]c(C)cc3c2)no1. The Balaban J connectivity index is 1.69. The van der Waals surface area contributed by atoms with Gasteiger partial charge in [0, 0.05) is 30.2 Å². The standard InChI is InChI=1S/C16H17N3O2/c1-3-13-8-15(19-21-13)16(20)17-9-11-4-5-14-12(7-11)6-10(2)18-14/h4-8,18H,3,9H2,1-2H3,(H,17,20). The number of rotatable bonds is 4. The zero-order valence-electron chi connectivity index (χ0n) is 12.1. The molecule has 2 N–H and O–H groups in total. The minimum Gasteiger partial charge on any atom is -0.361 e. The smallest absolute Gasteiger partial charge is 0.273 e. The summed E-state index contributed by atoms with van der Waals surface area (Å²) in [5, 5.41) is 7.76. The van der Waals surface area contributed by atoms with Crippen LogP contribution in [-0.2, 0) is 13.0 Å². The molecule has 0 aliphatic carbocycles. The summed E-state index contributed by atoms with van der Waals surface area (Å²) in [7, 11) is 0. The van der Waals surface area contributed by atoms with Crippen molar-refractivity contribution in [2.24, 2.45) is 0 Å². The van der Waals surface area contributed by atoms with E-state index in [0.29, 0.717) is 18.0 Å². The molecule has 0 atom stereocenters. The van der Waals surface area contributed by atoms with E-state index < -0.39 is 0 Å². The van der Waals surface area contributed by atoms with Gasteiger partial charge >= 0.3 is 0 Å². The molecule has 3 rings (SSSR count). The van der Waals surface area contributed by atoms with Crippen molar-refractivity contribution < 1.29 is 9.32 Å². The second-order valence-corrected chi connectivity index (χ2v) is 5.09. The first kappa shape index (κ1) is 13.4. The van der Waals surface area contributed by atoms with Crippen molar-refractivity contribution in [3.05, 3.63) is 53.0 Å². The topological polar surface area (TPSA) is 70.9 Å². The lowest BCUT2D eigenvalue weighted by Crippen LogP contribution is -2.23. The van der Waals surface area contributed by atoms with Crippen LogP contribution in [0, 0.1) is 6.92 Å². The Morgan fingerprint density at radius 3 is 2.95 bits per heavy atom. The predicted octanol–water partition coefficient (Wildman–Crippen LogP) is 2.96. The van der Waals surface area contributed by atoms with Crippen LogP contribution in [0.15, 0.2) is 34.9 Å². The van der Waals surface area contributed by atoms with Gasteiger partial charge in [-0.1, -0.05) is 18.1 Å². The Bertz CT molecular complexity index is 786. The van der Waals surface area contributed by atoms with E-state index >= 15 is 0 Å². The van der Waals surface area contributed by atoms with Gasteiger partial charge < -0.3 is 14.8 Å². The Morgan fingerprint density at radius 1 is 1.33 bits per heavy atom. The molecule has 0 aliphatic heterocycles. The highest BCUT2D eigenvalue weighted by molar-refractivity contribution is 5.92. The third kappa shape index (κ3) is 2.81. The van der Waals surface area contributed by atoms with Gasteiger partial charge in [0.05, 0.1) is 0 Å². The summed E-state index contributed by atoms with van der Waals surface area (Å²) in [5.74, 6) is 0.494. The monoisotopic (exact) mass is 283 g/mol. The summed E-state index contributed by atoms with van der Waals surface area (Å²) in [4.78, 5) is 15.3. The Morgan fingerprint density at radius 2 is 2.19 bits per heavy atom. The number of aromatic amines is 1. The second-order valence-electron chi connectivity index (χ2n) is 5.09. The van der Waals surface area contributed by atoms with Crippen LogP contribution in [0.4, 0.5) is 0 Å². The van der Waals surface area contributed by atoms with Gasteiger partial charge in [-0.05, 0) is 36.1 Å². The molecule has 108 valence electrons. The molecule has 0 saturated carbocycles. The maximum absolute atomic E-state index is 12.0. The molecule has 1 amide bonds. The van der Waals surface area contributed by atoms with Gasteiger partial charge in [-0.3, -0.25) is 4.79 Å². The molecule has 0 fully saturated rings. The maximum Gasteiger partial charge on any atom is 0.273 e. The molecule has 0 saturated heterocycles. The molecule has 5 heteroatoms. The molecule has 0 bridgehead atoms. The highest BCUT2D eigenvalue weighted by atomic mass is 16.5. The second kappa shape index (κ2) is 5.44. The molecular weight excluding hydrogens is 266 g/mol. The van der Waals surface area contributed by atoms with Gasteiger partial charge in [0.15, 0.2) is 5.69 Å². The summed E-state index contributed by atoms with van der Waals surface area (Å²) < 4.78 is 5.03. The van der Waals surface area contributed by atoms with E-state index in [2.05, 4.69) is 27.6 Å². The van der Waals surface area contributed by atoms with Crippen molar-refractivity contribution in [2.45, 2.75) is 26.8 Å². The summed E-state index contributed by atoms with van der Waals surface area (Å²) in [5.41, 5.74) is 3.60. The van der Waals surface area contributed by atoms with Gasteiger partial charge in [0.1, 0.15) is 5.76 Å². The molecular formula is C16H17N3O2. The van der Waals surface area contributed by atoms with Crippen molar-refractivity contribution in [3.63, 3.8) is 0 Å². The molecule has 1 aromatic carbocycles. The van der Waals surface area contributed by atoms with Crippen molar-refractivity contribution in [2.75, 3.05) is 0 Å². The van der Waals surface area contributed by atoms with E-state index in [1.807, 2.05) is 26.0 Å². The van der Waals surface area contributed by atoms with Gasteiger partial charge in [0.25, 0.3) is 5.91 Å². The summed E-state index contributed by atoms with van der Waals surface area (Å²) in [6, 6.07) is 9.85. The highest BCUT2D eigenvalue weighted by Gasteiger charge is 2.11. The van der Waals surface area contributed by atoms with Crippen LogP contribution in [0.5, 0.6) is 0 Å². The van der Waals surface area contributed by atoms with Gasteiger partial charge in [-0.2, -0.15) is 0 Å². The first-order valence-electron chi connectivity index (χ1n) is 6.97. The average Bonchev–Trinajstić information content (AvgIpc) is 3.09. The lowest BCUT2D eigenvalue weighted by Gasteiger charge is -2.03. The number of amides is 1. The van der Waals surface area contributed by atoms with Crippen LogP contribution in [0.2, 0.25) is 0 Å². The lowest BCUT2D eigenvalue weighted by molar-refractivity contribution is 0.0942. The molecule has 0 unspecified atom stereocenters. The van der Waals surface area contributed by atoms with Crippen molar-refractivity contribution in [1.29, 1.82) is 0 Å². The third-order valence-electron chi connectivity index (χ3n) is 3.41. The van der Waals surface area contributed by atoms with Crippen LogP contribution in [0.1, 0.15) is 34.4 Å². The zero-order chi connectivity index (χ0) is 14.8. The maximum atomic E-state index is 12.0. The number of aryl methyl sites for hydroxylation is 2. The molecule has 3 aromatic rings. The number of H-pyrrole nitrogens is 1. The van der Waals surface area contributed by atoms with Gasteiger partial charge in [-0.15, -0.1) is 0 Å². The van der Waals surface area contributed by atoms with E-state index in [4.69, 9.17) is 4.52 Å². The Labute approximate surface area is 122 Å². The number of hydrogen-bond acceptors (Lipinski definition) is 3.